The van der Waals surface area contributed by atoms with Crippen LogP contribution >= 0.6 is 15.9 Å². The van der Waals surface area contributed by atoms with Gasteiger partial charge < -0.3 is 0 Å². The highest BCUT2D eigenvalue weighted by atomic mass is 79.9. The number of carbonyl (C=O) groups is 1. The summed E-state index contributed by atoms with van der Waals surface area (Å²) < 4.78 is 1.00. The first-order valence-electron chi connectivity index (χ1n) is 4.98. The van der Waals surface area contributed by atoms with Crippen LogP contribution in [-0.2, 0) is 0 Å². The highest BCUT2D eigenvalue weighted by Crippen LogP contribution is 2.30. The fraction of sp³-hybridized carbons (Fsp3) is 0.417. The van der Waals surface area contributed by atoms with Gasteiger partial charge in [0.15, 0.2) is 5.78 Å². The zero-order chi connectivity index (χ0) is 10.1. The van der Waals surface area contributed by atoms with Crippen LogP contribution in [0.4, 0.5) is 0 Å². The van der Waals surface area contributed by atoms with E-state index in [4.69, 9.17) is 0 Å². The van der Waals surface area contributed by atoms with E-state index in [1.54, 1.807) is 0 Å². The van der Waals surface area contributed by atoms with Crippen LogP contribution in [-0.4, -0.2) is 5.78 Å². The summed E-state index contributed by atoms with van der Waals surface area (Å²) in [6.45, 7) is 2.02. The van der Waals surface area contributed by atoms with E-state index in [1.807, 2.05) is 25.1 Å². The summed E-state index contributed by atoms with van der Waals surface area (Å²) in [5.74, 6) is 0.615. The number of carbonyl (C=O) groups excluding carboxylic acids is 1. The Morgan fingerprint density at radius 2 is 2.07 bits per heavy atom. The topological polar surface area (TPSA) is 17.1 Å². The lowest BCUT2D eigenvalue weighted by Gasteiger charge is -2.23. The third-order valence-electron chi connectivity index (χ3n) is 2.80. The first-order valence-corrected chi connectivity index (χ1v) is 5.77. The molecule has 1 aromatic carbocycles. The fourth-order valence-electron chi connectivity index (χ4n) is 1.78. The Hall–Kier alpha value is -0.630. The molecule has 0 unspecified atom stereocenters. The number of hydrogen-bond donors (Lipinski definition) is 0. The molecule has 74 valence electrons. The summed E-state index contributed by atoms with van der Waals surface area (Å²) in [5.41, 5.74) is 2.00. The molecule has 1 fully saturated rings. The molecule has 0 amide bonds. The van der Waals surface area contributed by atoms with E-state index in [-0.39, 0.29) is 0 Å². The molecule has 2 heteroatoms. The van der Waals surface area contributed by atoms with Gasteiger partial charge in [-0.2, -0.15) is 0 Å². The van der Waals surface area contributed by atoms with Crippen molar-refractivity contribution in [1.29, 1.82) is 0 Å². The normalized spacial score (nSPS) is 16.4. The van der Waals surface area contributed by atoms with E-state index in [2.05, 4.69) is 15.9 Å². The molecule has 1 saturated carbocycles. The molecule has 1 aromatic rings. The van der Waals surface area contributed by atoms with Gasteiger partial charge in [0.1, 0.15) is 0 Å². The Morgan fingerprint density at radius 1 is 1.36 bits per heavy atom. The first-order chi connectivity index (χ1) is 6.66. The van der Waals surface area contributed by atoms with Crippen molar-refractivity contribution in [2.24, 2.45) is 5.92 Å². The van der Waals surface area contributed by atoms with E-state index in [1.165, 1.54) is 6.42 Å². The van der Waals surface area contributed by atoms with Gasteiger partial charge in [-0.25, -0.2) is 0 Å². The van der Waals surface area contributed by atoms with Crippen LogP contribution < -0.4 is 0 Å². The van der Waals surface area contributed by atoms with Gasteiger partial charge in [0.05, 0.1) is 0 Å². The van der Waals surface area contributed by atoms with Crippen molar-refractivity contribution in [2.45, 2.75) is 26.2 Å². The average molecular weight is 253 g/mol. The molecule has 1 aliphatic carbocycles. The molecule has 1 aliphatic rings. The van der Waals surface area contributed by atoms with Crippen molar-refractivity contribution in [3.63, 3.8) is 0 Å². The molecule has 0 saturated heterocycles. The van der Waals surface area contributed by atoms with Gasteiger partial charge in [-0.1, -0.05) is 22.4 Å². The lowest BCUT2D eigenvalue weighted by atomic mass is 9.80. The number of rotatable bonds is 2. The van der Waals surface area contributed by atoms with Crippen molar-refractivity contribution in [3.05, 3.63) is 33.8 Å². The van der Waals surface area contributed by atoms with Gasteiger partial charge in [0.25, 0.3) is 0 Å². The van der Waals surface area contributed by atoms with E-state index >= 15 is 0 Å². The molecule has 0 aliphatic heterocycles. The molecule has 0 atom stereocenters. The second kappa shape index (κ2) is 3.85. The SMILES string of the molecule is Cc1cc(Br)cc(C(=O)C2CCC2)c1. The summed E-state index contributed by atoms with van der Waals surface area (Å²) in [5, 5.41) is 0. The first kappa shape index (κ1) is 9.91. The standard InChI is InChI=1S/C12H13BrO/c1-8-5-10(7-11(13)6-8)12(14)9-3-2-4-9/h5-7,9H,2-4H2,1H3. The van der Waals surface area contributed by atoms with Gasteiger partial charge in [0, 0.05) is 16.0 Å². The second-order valence-electron chi connectivity index (χ2n) is 4.01. The Bertz CT molecular complexity index is 346. The second-order valence-corrected chi connectivity index (χ2v) is 4.93. The molecular formula is C12H13BrO. The maximum Gasteiger partial charge on any atom is 0.165 e. The van der Waals surface area contributed by atoms with E-state index in [9.17, 15) is 4.79 Å². The van der Waals surface area contributed by atoms with Crippen LogP contribution in [0.25, 0.3) is 0 Å². The molecule has 0 bridgehead atoms. The van der Waals surface area contributed by atoms with Crippen molar-refractivity contribution in [1.82, 2.24) is 0 Å². The third kappa shape index (κ3) is 1.90. The van der Waals surface area contributed by atoms with Crippen molar-refractivity contribution in [2.75, 3.05) is 0 Å². The van der Waals surface area contributed by atoms with Crippen molar-refractivity contribution in [3.8, 4) is 0 Å². The summed E-state index contributed by atoms with van der Waals surface area (Å²) in [4.78, 5) is 11.9. The highest BCUT2D eigenvalue weighted by molar-refractivity contribution is 9.10. The highest BCUT2D eigenvalue weighted by Gasteiger charge is 2.26. The van der Waals surface area contributed by atoms with Gasteiger partial charge in [-0.05, 0) is 43.5 Å². The Labute approximate surface area is 92.6 Å². The quantitative estimate of drug-likeness (QED) is 0.734. The van der Waals surface area contributed by atoms with Crippen LogP contribution in [0, 0.1) is 12.8 Å². The maximum atomic E-state index is 11.9. The van der Waals surface area contributed by atoms with Gasteiger partial charge in [-0.3, -0.25) is 4.79 Å². The monoisotopic (exact) mass is 252 g/mol. The molecule has 0 heterocycles. The van der Waals surface area contributed by atoms with Gasteiger partial charge >= 0.3 is 0 Å². The molecule has 0 spiro atoms. The van der Waals surface area contributed by atoms with Gasteiger partial charge in [0.2, 0.25) is 0 Å². The Balaban J connectivity index is 2.26. The van der Waals surface area contributed by atoms with E-state index < -0.39 is 0 Å². The Morgan fingerprint density at radius 3 is 2.57 bits per heavy atom. The van der Waals surface area contributed by atoms with Crippen molar-refractivity contribution < 1.29 is 4.79 Å². The van der Waals surface area contributed by atoms with Crippen LogP contribution in [0.5, 0.6) is 0 Å². The predicted molar refractivity (Wildman–Crippen MR) is 60.6 cm³/mol. The number of halogens is 1. The number of hydrogen-bond acceptors (Lipinski definition) is 1. The summed E-state index contributed by atoms with van der Waals surface area (Å²) in [6, 6.07) is 5.93. The summed E-state index contributed by atoms with van der Waals surface area (Å²) in [7, 11) is 0. The average Bonchev–Trinajstić information content (AvgIpc) is 1.98. The minimum atomic E-state index is 0.295. The number of Topliss-reactive ketones (excluding diaryl/α,β-unsaturated/α-hetero) is 1. The number of ketones is 1. The zero-order valence-corrected chi connectivity index (χ0v) is 9.80. The molecular weight excluding hydrogens is 240 g/mol. The van der Waals surface area contributed by atoms with Crippen LogP contribution in [0.15, 0.2) is 22.7 Å². The zero-order valence-electron chi connectivity index (χ0n) is 8.22. The molecule has 14 heavy (non-hydrogen) atoms. The minimum absolute atomic E-state index is 0.295. The largest absolute Gasteiger partial charge is 0.294 e. The number of aryl methyl sites for hydroxylation is 1. The third-order valence-corrected chi connectivity index (χ3v) is 3.26. The lowest BCUT2D eigenvalue weighted by Crippen LogP contribution is -2.21. The molecule has 1 nitrogen and oxygen atoms in total. The van der Waals surface area contributed by atoms with Crippen LogP contribution in [0.2, 0.25) is 0 Å². The van der Waals surface area contributed by atoms with E-state index in [0.717, 1.165) is 28.4 Å². The molecule has 0 N–H and O–H groups in total. The van der Waals surface area contributed by atoms with Crippen LogP contribution in [0.3, 0.4) is 0 Å². The van der Waals surface area contributed by atoms with Crippen molar-refractivity contribution >= 4 is 21.7 Å². The minimum Gasteiger partial charge on any atom is -0.294 e. The number of benzene rings is 1. The molecule has 0 aromatic heterocycles. The molecule has 2 rings (SSSR count). The molecule has 0 radical (unpaired) electrons. The lowest BCUT2D eigenvalue weighted by molar-refractivity contribution is 0.0855. The van der Waals surface area contributed by atoms with Gasteiger partial charge in [-0.15, -0.1) is 0 Å². The summed E-state index contributed by atoms with van der Waals surface area (Å²) in [6.07, 6.45) is 3.36. The Kier molecular flexibility index (Phi) is 2.73. The predicted octanol–water partition coefficient (Wildman–Crippen LogP) is 3.74. The summed E-state index contributed by atoms with van der Waals surface area (Å²) >= 11 is 3.42. The smallest absolute Gasteiger partial charge is 0.165 e. The van der Waals surface area contributed by atoms with E-state index in [0.29, 0.717) is 11.7 Å². The fourth-order valence-corrected chi connectivity index (χ4v) is 2.39. The maximum absolute atomic E-state index is 11.9. The van der Waals surface area contributed by atoms with Crippen LogP contribution in [0.1, 0.15) is 35.2 Å².